The van der Waals surface area contributed by atoms with Crippen molar-refractivity contribution in [2.75, 3.05) is 0 Å². The number of rotatable bonds is 0. The van der Waals surface area contributed by atoms with E-state index in [4.69, 9.17) is 19.2 Å². The Bertz CT molecular complexity index is 62.2. The van der Waals surface area contributed by atoms with Gasteiger partial charge in [-0.25, -0.2) is 4.57 Å². The third-order valence-electron chi connectivity index (χ3n) is 0. The van der Waals surface area contributed by atoms with E-state index < -0.39 is 7.82 Å². The molecule has 0 saturated heterocycles. The Morgan fingerprint density at radius 1 is 1.12 bits per heavy atom. The summed E-state index contributed by atoms with van der Waals surface area (Å²) in [6.07, 6.45) is 0. The number of hydrogen-bond donors (Lipinski definition) is 3. The molecular weight excluding hydrogens is 264 g/mol. The summed E-state index contributed by atoms with van der Waals surface area (Å²) >= 11 is 0. The molecule has 0 aromatic rings. The zero-order valence-electron chi connectivity index (χ0n) is 3.08. The standard InChI is InChI=1S/Mn.Na.H3O4P.Zr.H/c;;1-5(2,3)4;;/h;;(H3,1,2,3,4);;. The fourth-order valence-corrected chi connectivity index (χ4v) is 0. The van der Waals surface area contributed by atoms with Gasteiger partial charge in [0, 0.05) is 43.3 Å². The number of phosphoric acid groups is 1. The molecule has 0 spiro atoms. The smallest absolute Gasteiger partial charge is 0 e. The third kappa shape index (κ3) is 76.1. The van der Waals surface area contributed by atoms with Gasteiger partial charge in [0.2, 0.25) is 0 Å². The summed E-state index contributed by atoms with van der Waals surface area (Å²) in [7, 11) is -4.64. The molecule has 8 heavy (non-hydrogen) atoms. The summed E-state index contributed by atoms with van der Waals surface area (Å²) in [6.45, 7) is 0. The molecule has 3 N–H and O–H groups in total. The first-order valence-electron chi connectivity index (χ1n) is 0.783. The van der Waals surface area contributed by atoms with Gasteiger partial charge in [0.05, 0.1) is 0 Å². The van der Waals surface area contributed by atoms with Crippen LogP contribution in [0.25, 0.3) is 0 Å². The van der Waals surface area contributed by atoms with Crippen molar-refractivity contribution in [3.05, 3.63) is 0 Å². The zero-order chi connectivity index (χ0) is 4.50. The minimum atomic E-state index is -4.64. The van der Waals surface area contributed by atoms with E-state index in [0.717, 1.165) is 0 Å². The van der Waals surface area contributed by atoms with E-state index in [-0.39, 0.29) is 72.8 Å². The van der Waals surface area contributed by atoms with E-state index in [9.17, 15) is 0 Å². The van der Waals surface area contributed by atoms with Gasteiger partial charge in [-0.3, -0.25) is 0 Å². The van der Waals surface area contributed by atoms with Crippen LogP contribution in [0.2, 0.25) is 0 Å². The van der Waals surface area contributed by atoms with E-state index in [0.29, 0.717) is 0 Å². The molecule has 0 aliphatic carbocycles. The van der Waals surface area contributed by atoms with Crippen molar-refractivity contribution in [1.82, 2.24) is 0 Å². The van der Waals surface area contributed by atoms with Crippen LogP contribution in [0.1, 0.15) is 0 Å². The second kappa shape index (κ2) is 9.51. The van der Waals surface area contributed by atoms with Crippen molar-refractivity contribution >= 4 is 37.4 Å². The first-order valence-corrected chi connectivity index (χ1v) is 2.35. The van der Waals surface area contributed by atoms with Crippen LogP contribution in [-0.4, -0.2) is 44.2 Å². The Balaban J connectivity index is -0.0000000267. The molecule has 45 valence electrons. The van der Waals surface area contributed by atoms with Gasteiger partial charge in [0.25, 0.3) is 0 Å². The first-order chi connectivity index (χ1) is 2.00. The fraction of sp³-hybridized carbons (Fsp3) is 0. The molecule has 0 unspecified atom stereocenters. The average Bonchev–Trinajstić information content (AvgIpc) is 0.722. The van der Waals surface area contributed by atoms with E-state index in [1.54, 1.807) is 0 Å². The van der Waals surface area contributed by atoms with Gasteiger partial charge in [0.1, 0.15) is 0 Å². The minimum absolute atomic E-state index is 0. The van der Waals surface area contributed by atoms with Gasteiger partial charge >= 0.3 is 37.4 Å². The molecule has 0 aliphatic heterocycles. The Kier molecular flexibility index (Phi) is 26.7. The topological polar surface area (TPSA) is 77.8 Å². The molecule has 0 aliphatic rings. The summed E-state index contributed by atoms with van der Waals surface area (Å²) in [5.41, 5.74) is 0. The molecule has 0 bridgehead atoms. The molecule has 1 radical (unpaired) electrons. The minimum Gasteiger partial charge on any atom is 0 e. The maximum Gasteiger partial charge on any atom is 0 e. The van der Waals surface area contributed by atoms with E-state index in [2.05, 4.69) is 0 Å². The molecule has 8 heteroatoms. The maximum atomic E-state index is 8.88. The third-order valence-corrected chi connectivity index (χ3v) is 0. The molecule has 0 aromatic carbocycles. The van der Waals surface area contributed by atoms with Crippen LogP contribution in [0.4, 0.5) is 0 Å². The van der Waals surface area contributed by atoms with E-state index in [1.807, 2.05) is 0 Å². The molecule has 0 amide bonds. The summed E-state index contributed by atoms with van der Waals surface area (Å²) < 4.78 is 8.88. The largest absolute Gasteiger partial charge is 0 e. The van der Waals surface area contributed by atoms with Crippen LogP contribution in [0.15, 0.2) is 0 Å². The molecule has 0 aromatic heterocycles. The van der Waals surface area contributed by atoms with E-state index >= 15 is 0 Å². The monoisotopic (exact) mass is 267 g/mol. The summed E-state index contributed by atoms with van der Waals surface area (Å²) in [6, 6.07) is 0. The van der Waals surface area contributed by atoms with Crippen molar-refractivity contribution < 1.29 is 62.5 Å². The van der Waals surface area contributed by atoms with Crippen LogP contribution in [0, 0.1) is 0 Å². The SMILES string of the molecule is O=P(O)(O)O.[Mn].[NaH].[Zr]. The predicted octanol–water partition coefficient (Wildman–Crippen LogP) is -1.58. The van der Waals surface area contributed by atoms with Gasteiger partial charge in [-0.05, 0) is 0 Å². The van der Waals surface area contributed by atoms with Gasteiger partial charge in [-0.2, -0.15) is 0 Å². The van der Waals surface area contributed by atoms with Crippen LogP contribution < -0.4 is 0 Å². The Morgan fingerprint density at radius 2 is 1.12 bits per heavy atom. The normalized spacial score (nSPS) is 7.38. The van der Waals surface area contributed by atoms with Crippen molar-refractivity contribution in [2.24, 2.45) is 0 Å². The van der Waals surface area contributed by atoms with Crippen LogP contribution >= 0.6 is 7.82 Å². The average molecular weight is 268 g/mol. The first kappa shape index (κ1) is 22.4. The second-order valence-electron chi connectivity index (χ2n) is 0.513. The Labute approximate surface area is 98.6 Å². The van der Waals surface area contributed by atoms with Crippen molar-refractivity contribution in [2.45, 2.75) is 0 Å². The van der Waals surface area contributed by atoms with Crippen LogP contribution in [0.5, 0.6) is 0 Å². The van der Waals surface area contributed by atoms with Crippen LogP contribution in [0.3, 0.4) is 0 Å². The Hall–Kier alpha value is 2.51. The van der Waals surface area contributed by atoms with Crippen molar-refractivity contribution in [3.63, 3.8) is 0 Å². The van der Waals surface area contributed by atoms with Gasteiger partial charge in [-0.15, -0.1) is 0 Å². The van der Waals surface area contributed by atoms with Gasteiger partial charge in [-0.1, -0.05) is 0 Å². The summed E-state index contributed by atoms with van der Waals surface area (Å²) in [4.78, 5) is 21.6. The molecule has 0 saturated carbocycles. The zero-order valence-corrected chi connectivity index (χ0v) is 7.61. The van der Waals surface area contributed by atoms with Gasteiger partial charge in [0.15, 0.2) is 0 Å². The van der Waals surface area contributed by atoms with Gasteiger partial charge < -0.3 is 14.7 Å². The Morgan fingerprint density at radius 3 is 1.12 bits per heavy atom. The molecule has 0 fully saturated rings. The van der Waals surface area contributed by atoms with Crippen molar-refractivity contribution in [3.8, 4) is 0 Å². The number of hydrogen-bond acceptors (Lipinski definition) is 1. The molecule has 0 rings (SSSR count). The van der Waals surface area contributed by atoms with Crippen molar-refractivity contribution in [1.29, 1.82) is 0 Å². The summed E-state index contributed by atoms with van der Waals surface area (Å²) in [5, 5.41) is 0. The predicted molar refractivity (Wildman–Crippen MR) is 21.4 cm³/mol. The maximum absolute atomic E-state index is 8.88. The summed E-state index contributed by atoms with van der Waals surface area (Å²) in [5.74, 6) is 0. The second-order valence-corrected chi connectivity index (χ2v) is 1.54. The van der Waals surface area contributed by atoms with Crippen LogP contribution in [-0.2, 0) is 47.8 Å². The molecule has 0 heterocycles. The quantitative estimate of drug-likeness (QED) is 0.366. The fourth-order valence-electron chi connectivity index (χ4n) is 0. The van der Waals surface area contributed by atoms with E-state index in [1.165, 1.54) is 0 Å². The molecular formula is H4MnNaO4PZr. The molecule has 0 atom stereocenters. The molecule has 4 nitrogen and oxygen atoms in total.